The summed E-state index contributed by atoms with van der Waals surface area (Å²) < 4.78 is 0. The fourth-order valence-electron chi connectivity index (χ4n) is 3.10. The summed E-state index contributed by atoms with van der Waals surface area (Å²) in [6.07, 6.45) is 0. The van der Waals surface area contributed by atoms with Crippen molar-refractivity contribution in [2.75, 3.05) is 44.7 Å². The lowest BCUT2D eigenvalue weighted by Gasteiger charge is -2.33. The molecule has 25 heavy (non-hydrogen) atoms. The summed E-state index contributed by atoms with van der Waals surface area (Å²) in [5.41, 5.74) is 3.32. The Hall–Kier alpha value is -2.17. The molecule has 0 radical (unpaired) electrons. The molecule has 0 N–H and O–H groups in total. The van der Waals surface area contributed by atoms with E-state index in [1.54, 1.807) is 0 Å². The minimum absolute atomic E-state index is 0.164. The number of nitrogens with zero attached hydrogens (tertiary/aromatic N) is 3. The van der Waals surface area contributed by atoms with Gasteiger partial charge in [-0.2, -0.15) is 0 Å². The summed E-state index contributed by atoms with van der Waals surface area (Å²) in [5, 5.41) is 0. The first-order valence-corrected chi connectivity index (χ1v) is 8.94. The number of anilines is 1. The molecule has 4 heteroatoms. The Morgan fingerprint density at radius 2 is 1.60 bits per heavy atom. The van der Waals surface area contributed by atoms with Gasteiger partial charge in [-0.15, -0.1) is 0 Å². The topological polar surface area (TPSA) is 26.8 Å². The molecule has 2 aromatic carbocycles. The highest BCUT2D eigenvalue weighted by molar-refractivity contribution is 5.94. The van der Waals surface area contributed by atoms with Crippen LogP contribution in [0.2, 0.25) is 0 Å². The van der Waals surface area contributed by atoms with Gasteiger partial charge in [-0.3, -0.25) is 9.69 Å². The number of likely N-dealkylation sites (N-methyl/N-ethyl adjacent to an activating group) is 1. The van der Waals surface area contributed by atoms with Crippen LogP contribution in [0.3, 0.4) is 0 Å². The molecular formula is C21H27N3O. The normalized spacial score (nSPS) is 15.9. The summed E-state index contributed by atoms with van der Waals surface area (Å²) in [7, 11) is 2.13. The summed E-state index contributed by atoms with van der Waals surface area (Å²) >= 11 is 0. The van der Waals surface area contributed by atoms with Crippen LogP contribution in [0.1, 0.15) is 11.1 Å². The van der Waals surface area contributed by atoms with Gasteiger partial charge in [0.25, 0.3) is 0 Å². The van der Waals surface area contributed by atoms with Gasteiger partial charge in [0.15, 0.2) is 0 Å². The second-order valence-electron chi connectivity index (χ2n) is 6.88. The number of amides is 1. The van der Waals surface area contributed by atoms with E-state index in [2.05, 4.69) is 48.0 Å². The molecule has 1 fully saturated rings. The van der Waals surface area contributed by atoms with E-state index >= 15 is 0 Å². The van der Waals surface area contributed by atoms with Crippen molar-refractivity contribution in [1.82, 2.24) is 9.80 Å². The van der Waals surface area contributed by atoms with Crippen LogP contribution in [0.25, 0.3) is 0 Å². The van der Waals surface area contributed by atoms with Gasteiger partial charge in [0, 0.05) is 31.9 Å². The Bertz CT molecular complexity index is 676. The van der Waals surface area contributed by atoms with Gasteiger partial charge in [0.2, 0.25) is 5.91 Å². The van der Waals surface area contributed by atoms with Crippen molar-refractivity contribution in [3.05, 3.63) is 65.7 Å². The minimum atomic E-state index is 0.164. The number of benzene rings is 2. The van der Waals surface area contributed by atoms with E-state index in [4.69, 9.17) is 0 Å². The molecule has 1 heterocycles. The zero-order valence-corrected chi connectivity index (χ0v) is 15.2. The van der Waals surface area contributed by atoms with E-state index in [1.165, 1.54) is 5.56 Å². The van der Waals surface area contributed by atoms with Crippen LogP contribution in [0.5, 0.6) is 0 Å². The molecule has 0 unspecified atom stereocenters. The quantitative estimate of drug-likeness (QED) is 0.839. The van der Waals surface area contributed by atoms with Gasteiger partial charge in [-0.1, -0.05) is 48.0 Å². The summed E-state index contributed by atoms with van der Waals surface area (Å²) in [5.74, 6) is 0.164. The molecule has 0 bridgehead atoms. The number of carbonyl (C=O) groups is 1. The lowest BCUT2D eigenvalue weighted by atomic mass is 10.1. The maximum absolute atomic E-state index is 13.1. The van der Waals surface area contributed by atoms with Crippen molar-refractivity contribution < 1.29 is 4.79 Å². The Balaban J connectivity index is 1.75. The highest BCUT2D eigenvalue weighted by atomic mass is 16.2. The van der Waals surface area contributed by atoms with E-state index in [-0.39, 0.29) is 5.91 Å². The van der Waals surface area contributed by atoms with Crippen LogP contribution in [-0.2, 0) is 11.3 Å². The molecule has 3 rings (SSSR count). The first kappa shape index (κ1) is 17.6. The largest absolute Gasteiger partial charge is 0.307 e. The Kier molecular flexibility index (Phi) is 5.84. The van der Waals surface area contributed by atoms with Crippen molar-refractivity contribution in [3.63, 3.8) is 0 Å². The number of aryl methyl sites for hydroxylation is 1. The van der Waals surface area contributed by atoms with E-state index in [0.717, 1.165) is 37.4 Å². The number of carbonyl (C=O) groups excluding carboxylic acids is 1. The van der Waals surface area contributed by atoms with E-state index in [9.17, 15) is 4.79 Å². The van der Waals surface area contributed by atoms with Crippen molar-refractivity contribution in [2.24, 2.45) is 0 Å². The zero-order valence-electron chi connectivity index (χ0n) is 15.2. The standard InChI is InChI=1S/C21H27N3O/c1-18-8-10-20(11-9-18)24(16-19-6-4-3-5-7-19)21(25)17-23-14-12-22(2)13-15-23/h3-11H,12-17H2,1-2H3. The summed E-state index contributed by atoms with van der Waals surface area (Å²) in [6, 6.07) is 18.4. The molecule has 0 spiro atoms. The van der Waals surface area contributed by atoms with Crippen LogP contribution >= 0.6 is 0 Å². The third kappa shape index (κ3) is 4.91. The molecule has 4 nitrogen and oxygen atoms in total. The third-order valence-electron chi connectivity index (χ3n) is 4.78. The van der Waals surface area contributed by atoms with Gasteiger partial charge in [0.1, 0.15) is 0 Å². The lowest BCUT2D eigenvalue weighted by Crippen LogP contribution is -2.48. The highest BCUT2D eigenvalue weighted by Crippen LogP contribution is 2.19. The van der Waals surface area contributed by atoms with Crippen molar-refractivity contribution in [3.8, 4) is 0 Å². The van der Waals surface area contributed by atoms with Crippen molar-refractivity contribution in [1.29, 1.82) is 0 Å². The Morgan fingerprint density at radius 1 is 0.960 bits per heavy atom. The maximum Gasteiger partial charge on any atom is 0.241 e. The fourth-order valence-corrected chi connectivity index (χ4v) is 3.10. The summed E-state index contributed by atoms with van der Waals surface area (Å²) in [4.78, 5) is 19.5. The van der Waals surface area contributed by atoms with E-state index < -0.39 is 0 Å². The van der Waals surface area contributed by atoms with Crippen molar-refractivity contribution in [2.45, 2.75) is 13.5 Å². The molecule has 1 aliphatic heterocycles. The average Bonchev–Trinajstić information content (AvgIpc) is 2.63. The zero-order chi connectivity index (χ0) is 17.6. The highest BCUT2D eigenvalue weighted by Gasteiger charge is 2.21. The molecule has 132 valence electrons. The van der Waals surface area contributed by atoms with Gasteiger partial charge in [-0.05, 0) is 31.7 Å². The maximum atomic E-state index is 13.1. The molecule has 1 saturated heterocycles. The minimum Gasteiger partial charge on any atom is -0.307 e. The number of hydrogen-bond donors (Lipinski definition) is 0. The molecule has 0 aromatic heterocycles. The second-order valence-corrected chi connectivity index (χ2v) is 6.88. The third-order valence-corrected chi connectivity index (χ3v) is 4.78. The van der Waals surface area contributed by atoms with Crippen LogP contribution < -0.4 is 4.90 Å². The first-order chi connectivity index (χ1) is 12.1. The van der Waals surface area contributed by atoms with E-state index in [1.807, 2.05) is 35.2 Å². The van der Waals surface area contributed by atoms with Gasteiger partial charge in [-0.25, -0.2) is 0 Å². The smallest absolute Gasteiger partial charge is 0.241 e. The molecule has 1 aliphatic rings. The SMILES string of the molecule is Cc1ccc(N(Cc2ccccc2)C(=O)CN2CCN(C)CC2)cc1. The summed E-state index contributed by atoms with van der Waals surface area (Å²) in [6.45, 7) is 7.11. The van der Waals surface area contributed by atoms with Crippen LogP contribution in [0.15, 0.2) is 54.6 Å². The predicted octanol–water partition coefficient (Wildman–Crippen LogP) is 2.78. The number of rotatable bonds is 5. The number of hydrogen-bond acceptors (Lipinski definition) is 3. The van der Waals surface area contributed by atoms with Gasteiger partial charge >= 0.3 is 0 Å². The Morgan fingerprint density at radius 3 is 2.24 bits per heavy atom. The van der Waals surface area contributed by atoms with Crippen molar-refractivity contribution >= 4 is 11.6 Å². The van der Waals surface area contributed by atoms with Gasteiger partial charge < -0.3 is 9.80 Å². The molecule has 0 atom stereocenters. The van der Waals surface area contributed by atoms with Crippen LogP contribution in [0, 0.1) is 6.92 Å². The lowest BCUT2D eigenvalue weighted by molar-refractivity contribution is -0.120. The van der Waals surface area contributed by atoms with Gasteiger partial charge in [0.05, 0.1) is 13.1 Å². The molecular weight excluding hydrogens is 310 g/mol. The molecule has 0 aliphatic carbocycles. The predicted molar refractivity (Wildman–Crippen MR) is 103 cm³/mol. The molecule has 0 saturated carbocycles. The molecule has 2 aromatic rings. The second kappa shape index (κ2) is 8.28. The van der Waals surface area contributed by atoms with Crippen LogP contribution in [-0.4, -0.2) is 55.5 Å². The number of piperazine rings is 1. The monoisotopic (exact) mass is 337 g/mol. The fraction of sp³-hybridized carbons (Fsp3) is 0.381. The first-order valence-electron chi connectivity index (χ1n) is 8.94. The van der Waals surface area contributed by atoms with Crippen LogP contribution in [0.4, 0.5) is 5.69 Å². The average molecular weight is 337 g/mol. The Labute approximate surface area is 150 Å². The van der Waals surface area contributed by atoms with E-state index in [0.29, 0.717) is 13.1 Å². The molecule has 1 amide bonds.